The molecule has 0 bridgehead atoms. The topological polar surface area (TPSA) is 36.9 Å². The fourth-order valence-electron chi connectivity index (χ4n) is 1.19. The normalized spacial score (nSPS) is 9.71. The Morgan fingerprint density at radius 1 is 1.21 bits per heavy atom. The lowest BCUT2D eigenvalue weighted by Crippen LogP contribution is -1.76. The number of halogens is 1. The zero-order valence-corrected chi connectivity index (χ0v) is 7.20. The minimum absolute atomic E-state index is 0.226. The molecule has 0 aliphatic carbocycles. The molecule has 0 saturated carbocycles. The monoisotopic (exact) mass is 187 g/mol. The van der Waals surface area contributed by atoms with Gasteiger partial charge in [0, 0.05) is 5.56 Å². The summed E-state index contributed by atoms with van der Waals surface area (Å²) in [6, 6.07) is 11.1. The molecule has 2 nitrogen and oxygen atoms in total. The van der Waals surface area contributed by atoms with Gasteiger partial charge in [0.2, 0.25) is 5.76 Å². The first-order chi connectivity index (χ1) is 6.79. The van der Waals surface area contributed by atoms with Gasteiger partial charge < -0.3 is 4.42 Å². The summed E-state index contributed by atoms with van der Waals surface area (Å²) in [6.45, 7) is 0. The van der Waals surface area contributed by atoms with Crippen molar-refractivity contribution in [3.63, 3.8) is 0 Å². The van der Waals surface area contributed by atoms with Gasteiger partial charge in [-0.15, -0.1) is 0 Å². The minimum atomic E-state index is -0.322. The van der Waals surface area contributed by atoms with Crippen molar-refractivity contribution in [3.8, 4) is 17.4 Å². The van der Waals surface area contributed by atoms with Gasteiger partial charge in [-0.05, 0) is 24.3 Å². The smallest absolute Gasteiger partial charge is 0.204 e. The number of nitriles is 1. The molecule has 0 aliphatic rings. The average molecular weight is 187 g/mol. The van der Waals surface area contributed by atoms with Crippen LogP contribution in [0, 0.1) is 17.1 Å². The van der Waals surface area contributed by atoms with Crippen molar-refractivity contribution >= 4 is 0 Å². The Morgan fingerprint density at radius 3 is 2.71 bits per heavy atom. The van der Waals surface area contributed by atoms with Crippen LogP contribution in [0.1, 0.15) is 5.76 Å². The molecule has 3 heteroatoms. The fourth-order valence-corrected chi connectivity index (χ4v) is 1.19. The molecule has 0 saturated heterocycles. The Kier molecular flexibility index (Phi) is 2.04. The molecule has 1 aromatic heterocycles. The van der Waals surface area contributed by atoms with Crippen molar-refractivity contribution in [2.45, 2.75) is 0 Å². The minimum Gasteiger partial charge on any atom is -0.446 e. The number of rotatable bonds is 1. The highest BCUT2D eigenvalue weighted by molar-refractivity contribution is 5.57. The van der Waals surface area contributed by atoms with Crippen molar-refractivity contribution < 1.29 is 8.81 Å². The largest absolute Gasteiger partial charge is 0.446 e. The number of hydrogen-bond acceptors (Lipinski definition) is 2. The van der Waals surface area contributed by atoms with Crippen LogP contribution in [-0.2, 0) is 0 Å². The van der Waals surface area contributed by atoms with Gasteiger partial charge in [0.15, 0.2) is 0 Å². The number of nitrogens with zero attached hydrogens (tertiary/aromatic N) is 1. The predicted octanol–water partition coefficient (Wildman–Crippen LogP) is 2.96. The van der Waals surface area contributed by atoms with E-state index < -0.39 is 0 Å². The molecule has 0 unspecified atom stereocenters. The van der Waals surface area contributed by atoms with Gasteiger partial charge in [0.1, 0.15) is 17.6 Å². The van der Waals surface area contributed by atoms with Gasteiger partial charge in [0.25, 0.3) is 0 Å². The first-order valence-corrected chi connectivity index (χ1v) is 4.05. The van der Waals surface area contributed by atoms with Crippen molar-refractivity contribution in [2.75, 3.05) is 0 Å². The molecule has 0 aliphatic heterocycles. The van der Waals surface area contributed by atoms with E-state index >= 15 is 0 Å². The van der Waals surface area contributed by atoms with Crippen LogP contribution in [0.3, 0.4) is 0 Å². The molecule has 68 valence electrons. The van der Waals surface area contributed by atoms with Gasteiger partial charge in [-0.2, -0.15) is 5.26 Å². The van der Waals surface area contributed by atoms with E-state index in [1.165, 1.54) is 12.1 Å². The third-order valence-corrected chi connectivity index (χ3v) is 1.83. The maximum atomic E-state index is 12.8. The highest BCUT2D eigenvalue weighted by Gasteiger charge is 2.04. The maximum Gasteiger partial charge on any atom is 0.204 e. The highest BCUT2D eigenvalue weighted by atomic mass is 19.1. The summed E-state index contributed by atoms with van der Waals surface area (Å²) in [5.41, 5.74) is 0.631. The molecule has 2 aromatic rings. The molecule has 0 N–H and O–H groups in total. The summed E-state index contributed by atoms with van der Waals surface area (Å²) >= 11 is 0. The predicted molar refractivity (Wildman–Crippen MR) is 48.8 cm³/mol. The molecular weight excluding hydrogens is 181 g/mol. The molecule has 0 radical (unpaired) electrons. The third-order valence-electron chi connectivity index (χ3n) is 1.83. The Bertz CT molecular complexity index is 496. The second-order valence-electron chi connectivity index (χ2n) is 2.79. The Morgan fingerprint density at radius 2 is 2.07 bits per heavy atom. The molecule has 1 heterocycles. The van der Waals surface area contributed by atoms with E-state index in [0.29, 0.717) is 11.3 Å². The summed E-state index contributed by atoms with van der Waals surface area (Å²) < 4.78 is 18.0. The number of hydrogen-bond donors (Lipinski definition) is 0. The lowest BCUT2D eigenvalue weighted by Gasteiger charge is -1.95. The second kappa shape index (κ2) is 3.35. The van der Waals surface area contributed by atoms with E-state index in [1.54, 1.807) is 24.3 Å². The standard InChI is InChI=1S/C11H6FNO/c12-9-3-1-2-8(6-9)11-5-4-10(7-13)14-11/h1-6H. The first kappa shape index (κ1) is 8.52. The molecule has 14 heavy (non-hydrogen) atoms. The van der Waals surface area contributed by atoms with E-state index in [9.17, 15) is 4.39 Å². The summed E-state index contributed by atoms with van der Waals surface area (Å²) in [5, 5.41) is 8.53. The van der Waals surface area contributed by atoms with Crippen LogP contribution in [0.5, 0.6) is 0 Å². The van der Waals surface area contributed by atoms with E-state index in [4.69, 9.17) is 9.68 Å². The van der Waals surface area contributed by atoms with Crippen LogP contribution >= 0.6 is 0 Å². The zero-order valence-electron chi connectivity index (χ0n) is 7.20. The molecule has 2 rings (SSSR count). The molecule has 0 spiro atoms. The van der Waals surface area contributed by atoms with E-state index in [0.717, 1.165) is 0 Å². The quantitative estimate of drug-likeness (QED) is 0.688. The maximum absolute atomic E-state index is 12.8. The van der Waals surface area contributed by atoms with Crippen molar-refractivity contribution in [1.82, 2.24) is 0 Å². The number of benzene rings is 1. The average Bonchev–Trinajstić information content (AvgIpc) is 2.66. The van der Waals surface area contributed by atoms with Crippen LogP contribution < -0.4 is 0 Å². The molecular formula is C11H6FNO. The summed E-state index contributed by atoms with van der Waals surface area (Å²) in [4.78, 5) is 0. The first-order valence-electron chi connectivity index (χ1n) is 4.05. The van der Waals surface area contributed by atoms with Crippen molar-refractivity contribution in [2.24, 2.45) is 0 Å². The summed E-state index contributed by atoms with van der Waals surface area (Å²) in [5.74, 6) is 0.405. The van der Waals surface area contributed by atoms with Crippen LogP contribution in [0.4, 0.5) is 4.39 Å². The van der Waals surface area contributed by atoms with Gasteiger partial charge in [0.05, 0.1) is 0 Å². The Hall–Kier alpha value is -2.08. The third kappa shape index (κ3) is 1.50. The fraction of sp³-hybridized carbons (Fsp3) is 0. The zero-order chi connectivity index (χ0) is 9.97. The second-order valence-corrected chi connectivity index (χ2v) is 2.79. The van der Waals surface area contributed by atoms with Crippen molar-refractivity contribution in [3.05, 3.63) is 48.0 Å². The lowest BCUT2D eigenvalue weighted by atomic mass is 10.2. The Balaban J connectivity index is 2.45. The summed E-state index contributed by atoms with van der Waals surface area (Å²) in [6.07, 6.45) is 0. The van der Waals surface area contributed by atoms with Crippen molar-refractivity contribution in [1.29, 1.82) is 5.26 Å². The number of furan rings is 1. The van der Waals surface area contributed by atoms with E-state index in [-0.39, 0.29) is 11.6 Å². The molecule has 0 amide bonds. The van der Waals surface area contributed by atoms with E-state index in [1.807, 2.05) is 6.07 Å². The SMILES string of the molecule is N#Cc1ccc(-c2cccc(F)c2)o1. The highest BCUT2D eigenvalue weighted by Crippen LogP contribution is 2.22. The van der Waals surface area contributed by atoms with Gasteiger partial charge in [-0.25, -0.2) is 4.39 Å². The van der Waals surface area contributed by atoms with E-state index in [2.05, 4.69) is 0 Å². The van der Waals surface area contributed by atoms with Crippen LogP contribution in [0.15, 0.2) is 40.8 Å². The molecule has 1 aromatic carbocycles. The van der Waals surface area contributed by atoms with Crippen LogP contribution in [-0.4, -0.2) is 0 Å². The van der Waals surface area contributed by atoms with Gasteiger partial charge >= 0.3 is 0 Å². The summed E-state index contributed by atoms with van der Waals surface area (Å²) in [7, 11) is 0. The lowest BCUT2D eigenvalue weighted by molar-refractivity contribution is 0.566. The van der Waals surface area contributed by atoms with Gasteiger partial charge in [-0.1, -0.05) is 12.1 Å². The Labute approximate surface area is 80.2 Å². The van der Waals surface area contributed by atoms with Crippen LogP contribution in [0.2, 0.25) is 0 Å². The molecule has 0 fully saturated rings. The van der Waals surface area contributed by atoms with Crippen LogP contribution in [0.25, 0.3) is 11.3 Å². The van der Waals surface area contributed by atoms with Gasteiger partial charge in [-0.3, -0.25) is 0 Å². The molecule has 0 atom stereocenters.